The van der Waals surface area contributed by atoms with E-state index in [-0.39, 0.29) is 0 Å². The van der Waals surface area contributed by atoms with Gasteiger partial charge in [-0.25, -0.2) is 0 Å². The molecule has 0 aliphatic heterocycles. The van der Waals surface area contributed by atoms with Crippen LogP contribution in [0.5, 0.6) is 0 Å². The van der Waals surface area contributed by atoms with Crippen LogP contribution in [0.15, 0.2) is 4.47 Å². The van der Waals surface area contributed by atoms with E-state index in [1.165, 1.54) is 12.1 Å². The highest BCUT2D eigenvalue weighted by Crippen LogP contribution is 2.22. The van der Waals surface area contributed by atoms with Crippen molar-refractivity contribution in [2.24, 2.45) is 13.0 Å². The van der Waals surface area contributed by atoms with Crippen molar-refractivity contribution in [2.75, 3.05) is 6.54 Å². The molecule has 1 unspecified atom stereocenters. The number of hydrogen-bond acceptors (Lipinski definition) is 2. The monoisotopic (exact) mass is 301 g/mol. The van der Waals surface area contributed by atoms with Crippen LogP contribution in [0.25, 0.3) is 0 Å². The number of hydrogen-bond donors (Lipinski definition) is 1. The lowest BCUT2D eigenvalue weighted by atomic mass is 9.99. The summed E-state index contributed by atoms with van der Waals surface area (Å²) < 4.78 is 3.15. The second-order valence-electron chi connectivity index (χ2n) is 5.06. The van der Waals surface area contributed by atoms with Crippen LogP contribution in [0.3, 0.4) is 0 Å². The average molecular weight is 302 g/mol. The summed E-state index contributed by atoms with van der Waals surface area (Å²) in [5, 5.41) is 8.01. The zero-order valence-corrected chi connectivity index (χ0v) is 13.1. The predicted molar refractivity (Wildman–Crippen MR) is 76.3 cm³/mol. The Hall–Kier alpha value is -0.350. The average Bonchev–Trinajstić information content (AvgIpc) is 2.44. The first kappa shape index (κ1) is 14.7. The van der Waals surface area contributed by atoms with Gasteiger partial charge in [-0.1, -0.05) is 20.8 Å². The fourth-order valence-electron chi connectivity index (χ4n) is 2.23. The maximum atomic E-state index is 4.44. The third-order valence-electron chi connectivity index (χ3n) is 2.95. The van der Waals surface area contributed by atoms with Crippen LogP contribution in [0, 0.1) is 12.8 Å². The van der Waals surface area contributed by atoms with Crippen molar-refractivity contribution < 1.29 is 0 Å². The first-order valence-electron chi connectivity index (χ1n) is 6.37. The minimum Gasteiger partial charge on any atom is -0.314 e. The molecule has 98 valence electrons. The number of rotatable bonds is 6. The van der Waals surface area contributed by atoms with E-state index in [1.807, 2.05) is 18.7 Å². The van der Waals surface area contributed by atoms with Crippen molar-refractivity contribution in [3.05, 3.63) is 15.9 Å². The summed E-state index contributed by atoms with van der Waals surface area (Å²) in [5.74, 6) is 0.715. The van der Waals surface area contributed by atoms with E-state index >= 15 is 0 Å². The van der Waals surface area contributed by atoms with Gasteiger partial charge in [0.15, 0.2) is 0 Å². The summed E-state index contributed by atoms with van der Waals surface area (Å²) in [6, 6.07) is 0.533. The fraction of sp³-hybridized carbons (Fsp3) is 0.769. The van der Waals surface area contributed by atoms with Gasteiger partial charge in [-0.3, -0.25) is 4.68 Å². The zero-order valence-electron chi connectivity index (χ0n) is 11.5. The minimum absolute atomic E-state index is 0.533. The summed E-state index contributed by atoms with van der Waals surface area (Å²) in [5.41, 5.74) is 2.36. The molecule has 0 spiro atoms. The summed E-state index contributed by atoms with van der Waals surface area (Å²) in [6.45, 7) is 9.77. The topological polar surface area (TPSA) is 29.9 Å². The van der Waals surface area contributed by atoms with Crippen molar-refractivity contribution in [2.45, 2.75) is 46.6 Å². The summed E-state index contributed by atoms with van der Waals surface area (Å²) in [4.78, 5) is 0. The molecule has 0 fully saturated rings. The molecule has 4 heteroatoms. The smallest absolute Gasteiger partial charge is 0.0738 e. The molecule has 0 aliphatic carbocycles. The Morgan fingerprint density at radius 1 is 1.41 bits per heavy atom. The van der Waals surface area contributed by atoms with Gasteiger partial charge in [-0.2, -0.15) is 5.10 Å². The predicted octanol–water partition coefficient (Wildman–Crippen LogP) is 3.06. The number of aryl methyl sites for hydroxylation is 2. The lowest BCUT2D eigenvalue weighted by Crippen LogP contribution is -2.33. The van der Waals surface area contributed by atoms with Crippen molar-refractivity contribution in [3.63, 3.8) is 0 Å². The molecule has 0 radical (unpaired) electrons. The van der Waals surface area contributed by atoms with Crippen LogP contribution in [0.1, 0.15) is 38.6 Å². The Morgan fingerprint density at radius 2 is 2.06 bits per heavy atom. The quantitative estimate of drug-likeness (QED) is 0.875. The summed E-state index contributed by atoms with van der Waals surface area (Å²) in [6.07, 6.45) is 2.23. The number of halogens is 1. The van der Waals surface area contributed by atoms with Gasteiger partial charge in [0.05, 0.1) is 15.9 Å². The molecule has 3 nitrogen and oxygen atoms in total. The van der Waals surface area contributed by atoms with Gasteiger partial charge in [0.25, 0.3) is 0 Å². The molecule has 0 bridgehead atoms. The molecule has 17 heavy (non-hydrogen) atoms. The second kappa shape index (κ2) is 6.55. The Labute approximate surface area is 113 Å². The highest BCUT2D eigenvalue weighted by Gasteiger charge is 2.17. The van der Waals surface area contributed by atoms with Gasteiger partial charge in [0, 0.05) is 19.5 Å². The molecule has 1 aromatic heterocycles. The van der Waals surface area contributed by atoms with E-state index < -0.39 is 0 Å². The van der Waals surface area contributed by atoms with Crippen LogP contribution in [0.2, 0.25) is 0 Å². The molecule has 0 aromatic carbocycles. The highest BCUT2D eigenvalue weighted by atomic mass is 79.9. The third kappa shape index (κ3) is 4.11. The lowest BCUT2D eigenvalue weighted by Gasteiger charge is -2.20. The molecule has 0 saturated heterocycles. The van der Waals surface area contributed by atoms with E-state index in [1.54, 1.807) is 0 Å². The number of nitrogens with zero attached hydrogens (tertiary/aromatic N) is 2. The van der Waals surface area contributed by atoms with Crippen LogP contribution < -0.4 is 5.32 Å². The summed E-state index contributed by atoms with van der Waals surface area (Å²) >= 11 is 3.64. The summed E-state index contributed by atoms with van der Waals surface area (Å²) in [7, 11) is 2.02. The lowest BCUT2D eigenvalue weighted by molar-refractivity contribution is 0.416. The molecule has 1 heterocycles. The van der Waals surface area contributed by atoms with Crippen molar-refractivity contribution in [1.82, 2.24) is 15.1 Å². The van der Waals surface area contributed by atoms with Crippen molar-refractivity contribution in [3.8, 4) is 0 Å². The van der Waals surface area contributed by atoms with Gasteiger partial charge in [0.1, 0.15) is 0 Å². The van der Waals surface area contributed by atoms with Gasteiger partial charge < -0.3 is 5.32 Å². The maximum Gasteiger partial charge on any atom is 0.0738 e. The molecular weight excluding hydrogens is 278 g/mol. The van der Waals surface area contributed by atoms with E-state index in [2.05, 4.69) is 47.1 Å². The maximum absolute atomic E-state index is 4.44. The Bertz CT molecular complexity index is 358. The van der Waals surface area contributed by atoms with E-state index in [9.17, 15) is 0 Å². The molecule has 1 aromatic rings. The van der Waals surface area contributed by atoms with Crippen molar-refractivity contribution >= 4 is 15.9 Å². The molecule has 0 aliphatic rings. The molecule has 0 amide bonds. The first-order chi connectivity index (χ1) is 7.95. The van der Waals surface area contributed by atoms with Crippen molar-refractivity contribution in [1.29, 1.82) is 0 Å². The van der Waals surface area contributed by atoms with E-state index in [0.717, 1.165) is 23.1 Å². The zero-order chi connectivity index (χ0) is 13.0. The SMILES string of the molecule is CCNC(Cc1c(Br)c(C)nn1C)CC(C)C. The standard InChI is InChI=1S/C13H24BrN3/c1-6-15-11(7-9(2)3)8-12-13(14)10(4)16-17(12)5/h9,11,15H,6-8H2,1-5H3. The number of nitrogens with one attached hydrogen (secondary N) is 1. The molecule has 1 atom stereocenters. The normalized spacial score (nSPS) is 13.4. The fourth-order valence-corrected chi connectivity index (χ4v) is 2.73. The van der Waals surface area contributed by atoms with E-state index in [4.69, 9.17) is 0 Å². The molecule has 0 saturated carbocycles. The van der Waals surface area contributed by atoms with Crippen LogP contribution >= 0.6 is 15.9 Å². The molecular formula is C13H24BrN3. The van der Waals surface area contributed by atoms with Gasteiger partial charge >= 0.3 is 0 Å². The number of likely N-dealkylation sites (N-methyl/N-ethyl adjacent to an activating group) is 1. The number of aromatic nitrogens is 2. The van der Waals surface area contributed by atoms with Crippen LogP contribution in [0.4, 0.5) is 0 Å². The Balaban J connectivity index is 2.78. The molecule has 1 rings (SSSR count). The highest BCUT2D eigenvalue weighted by molar-refractivity contribution is 9.10. The van der Waals surface area contributed by atoms with Gasteiger partial charge in [-0.05, 0) is 41.7 Å². The van der Waals surface area contributed by atoms with Gasteiger partial charge in [0.2, 0.25) is 0 Å². The van der Waals surface area contributed by atoms with E-state index in [0.29, 0.717) is 12.0 Å². The Kier molecular flexibility index (Phi) is 5.67. The van der Waals surface area contributed by atoms with Gasteiger partial charge in [-0.15, -0.1) is 0 Å². The largest absolute Gasteiger partial charge is 0.314 e. The second-order valence-corrected chi connectivity index (χ2v) is 5.85. The Morgan fingerprint density at radius 3 is 2.47 bits per heavy atom. The van der Waals surface area contributed by atoms with Crippen LogP contribution in [-0.2, 0) is 13.5 Å². The molecule has 1 N–H and O–H groups in total. The third-order valence-corrected chi connectivity index (χ3v) is 3.98. The minimum atomic E-state index is 0.533. The first-order valence-corrected chi connectivity index (χ1v) is 7.16. The van der Waals surface area contributed by atoms with Crippen LogP contribution in [-0.4, -0.2) is 22.4 Å².